The minimum absolute atomic E-state index is 0.0163. The second-order valence-electron chi connectivity index (χ2n) is 13.5. The summed E-state index contributed by atoms with van der Waals surface area (Å²) in [4.78, 5) is 4.28. The molecule has 0 N–H and O–H groups in total. The Kier molecular flexibility index (Phi) is 9.36. The van der Waals surface area contributed by atoms with Gasteiger partial charge in [-0.25, -0.2) is 26.3 Å². The van der Waals surface area contributed by atoms with Gasteiger partial charge < -0.3 is 0 Å². The maximum atomic E-state index is 16.0. The maximum Gasteiger partial charge on any atom is 0.170 e. The molecule has 0 aliphatic rings. The number of nitrogens with zero attached hydrogens (tertiary/aromatic N) is 4. The second kappa shape index (κ2) is 14.3. The van der Waals surface area contributed by atoms with E-state index in [0.717, 1.165) is 79.9 Å². The van der Waals surface area contributed by atoms with Crippen molar-refractivity contribution in [1.82, 2.24) is 17.5 Å². The van der Waals surface area contributed by atoms with Crippen LogP contribution in [-0.2, 0) is 0 Å². The van der Waals surface area contributed by atoms with Crippen molar-refractivity contribution in [2.75, 3.05) is 0 Å². The lowest BCUT2D eigenvalue weighted by Gasteiger charge is -2.08. The van der Waals surface area contributed by atoms with E-state index in [-0.39, 0.29) is 54.1 Å². The van der Waals surface area contributed by atoms with Gasteiger partial charge in [0.1, 0.15) is 33.7 Å². The molecule has 10 rings (SSSR count). The molecular weight excluding hydrogens is 907 g/mol. The lowest BCUT2D eigenvalue weighted by Crippen LogP contribution is -1.95. The Bertz CT molecular complexity index is 3060. The molecule has 18 heteroatoms. The van der Waals surface area contributed by atoms with Crippen molar-refractivity contribution < 1.29 is 26.3 Å². The number of hydrogen-bond acceptors (Lipinski definition) is 12. The van der Waals surface area contributed by atoms with Gasteiger partial charge in [0.25, 0.3) is 0 Å². The largest absolute Gasteiger partial charge is 0.205 e. The van der Waals surface area contributed by atoms with Crippen LogP contribution < -0.4 is 0 Å². The summed E-state index contributed by atoms with van der Waals surface area (Å²) in [6, 6.07) is 9.63. The quantitative estimate of drug-likeness (QED) is 0.149. The first-order chi connectivity index (χ1) is 27.9. The number of thiophene rings is 6. The fourth-order valence-electron chi connectivity index (χ4n) is 6.88. The molecule has 0 atom stereocenters. The molecule has 290 valence electrons. The van der Waals surface area contributed by atoms with E-state index < -0.39 is 34.9 Å². The van der Waals surface area contributed by atoms with Crippen molar-refractivity contribution in [3.8, 4) is 71.0 Å². The number of halogens is 6. The molecule has 0 aliphatic heterocycles. The Labute approximate surface area is 357 Å². The van der Waals surface area contributed by atoms with Gasteiger partial charge in [-0.2, -0.15) is 17.5 Å². The minimum atomic E-state index is -1.04. The highest BCUT2D eigenvalue weighted by Crippen LogP contribution is 2.52. The van der Waals surface area contributed by atoms with E-state index in [1.807, 2.05) is 24.6 Å². The number of fused-ring (bicyclic) bond motifs is 2. The topological polar surface area (TPSA) is 51.6 Å². The molecule has 4 nitrogen and oxygen atoms in total. The monoisotopic (exact) mass is 926 g/mol. The van der Waals surface area contributed by atoms with Crippen molar-refractivity contribution in [3.05, 3.63) is 104 Å². The van der Waals surface area contributed by atoms with Gasteiger partial charge in [0.2, 0.25) is 0 Å². The van der Waals surface area contributed by atoms with E-state index in [1.54, 1.807) is 38.1 Å². The van der Waals surface area contributed by atoms with Crippen LogP contribution in [0.1, 0.15) is 22.3 Å². The van der Waals surface area contributed by atoms with E-state index >= 15 is 26.3 Å². The maximum absolute atomic E-state index is 16.0. The van der Waals surface area contributed by atoms with Gasteiger partial charge in [-0.3, -0.25) is 0 Å². The van der Waals surface area contributed by atoms with Crippen LogP contribution in [0.3, 0.4) is 0 Å². The SMILES string of the molecule is Cc1csc(-c2c(F)c(F)c(-c3cc(C)c(-c4cc(F)c(-c5sc(-c6sc(-c7c(F)c(F)c(-c8cc(C)cs8)c8nsnc78)cc6C)cc5F)s4)s3)c3nsnc23)c1. The van der Waals surface area contributed by atoms with Crippen molar-refractivity contribution in [1.29, 1.82) is 0 Å². The van der Waals surface area contributed by atoms with E-state index in [9.17, 15) is 0 Å². The summed E-state index contributed by atoms with van der Waals surface area (Å²) in [5.41, 5.74) is 4.35. The molecule has 0 amide bonds. The molecule has 0 bridgehead atoms. The predicted molar refractivity (Wildman–Crippen MR) is 232 cm³/mol. The molecule has 2 aromatic carbocycles. The van der Waals surface area contributed by atoms with Crippen LogP contribution in [0.5, 0.6) is 0 Å². The second-order valence-corrected chi connectivity index (χ2v) is 20.6. The van der Waals surface area contributed by atoms with Crippen molar-refractivity contribution in [3.63, 3.8) is 0 Å². The van der Waals surface area contributed by atoms with E-state index in [1.165, 1.54) is 34.8 Å². The predicted octanol–water partition coefficient (Wildman–Crippen LogP) is 15.8. The summed E-state index contributed by atoms with van der Waals surface area (Å²) in [6.07, 6.45) is 0. The smallest absolute Gasteiger partial charge is 0.170 e. The van der Waals surface area contributed by atoms with Gasteiger partial charge >= 0.3 is 0 Å². The summed E-state index contributed by atoms with van der Waals surface area (Å²) in [5, 5.41) is 3.71. The lowest BCUT2D eigenvalue weighted by atomic mass is 10.0. The molecule has 0 unspecified atom stereocenters. The zero-order chi connectivity index (χ0) is 40.3. The van der Waals surface area contributed by atoms with Crippen LogP contribution in [0.15, 0.2) is 47.2 Å². The fourth-order valence-corrected chi connectivity index (χ4v) is 14.8. The van der Waals surface area contributed by atoms with Crippen molar-refractivity contribution in [2.45, 2.75) is 27.7 Å². The Morgan fingerprint density at radius 1 is 0.379 bits per heavy atom. The third-order valence-electron chi connectivity index (χ3n) is 9.50. The normalized spacial score (nSPS) is 12.0. The molecular formula is C40H20F6N4S8. The molecule has 0 saturated heterocycles. The first-order valence-corrected chi connectivity index (χ1v) is 23.5. The highest BCUT2D eigenvalue weighted by Gasteiger charge is 2.30. The molecule has 0 radical (unpaired) electrons. The van der Waals surface area contributed by atoms with Crippen LogP contribution in [0.2, 0.25) is 0 Å². The van der Waals surface area contributed by atoms with Gasteiger partial charge in [-0.1, -0.05) is 0 Å². The summed E-state index contributed by atoms with van der Waals surface area (Å²) in [6.45, 7) is 7.34. The number of rotatable bonds is 7. The molecule has 0 saturated carbocycles. The Balaban J connectivity index is 1.00. The molecule has 58 heavy (non-hydrogen) atoms. The number of benzene rings is 2. The number of aryl methyl sites for hydroxylation is 4. The van der Waals surface area contributed by atoms with Crippen molar-refractivity contribution >= 4 is 114 Å². The van der Waals surface area contributed by atoms with Gasteiger partial charge in [0.15, 0.2) is 23.3 Å². The van der Waals surface area contributed by atoms with Crippen molar-refractivity contribution in [2.24, 2.45) is 0 Å². The molecule has 10 aromatic rings. The van der Waals surface area contributed by atoms with Crippen LogP contribution in [0.25, 0.3) is 93.1 Å². The standard InChI is InChI=1S/C40H20F6N4S8/c1-13-5-19(51-11-13)25-29(43)31(45)27(35-33(25)47-57-49-35)21-7-15(3)37(53-21)23-9-17(41)39(55-23)40-18(42)10-24(56-40)38-16(4)8-22(54-38)28-32(46)30(44)26(20-6-14(2)12-52-20)34-36(28)50-58-48-34/h5-12H,1-4H3. The summed E-state index contributed by atoms with van der Waals surface area (Å²) in [7, 11) is 0. The molecule has 0 spiro atoms. The third-order valence-corrected chi connectivity index (χ3v) is 17.9. The van der Waals surface area contributed by atoms with E-state index in [4.69, 9.17) is 0 Å². The molecule has 0 fully saturated rings. The Morgan fingerprint density at radius 3 is 1.03 bits per heavy atom. The highest BCUT2D eigenvalue weighted by atomic mass is 32.1. The average Bonchev–Trinajstić information content (AvgIpc) is 4.03. The van der Waals surface area contributed by atoms with Crippen LogP contribution in [0, 0.1) is 62.6 Å². The first-order valence-electron chi connectivity index (χ1n) is 17.1. The van der Waals surface area contributed by atoms with Crippen LogP contribution in [-0.4, -0.2) is 17.5 Å². The van der Waals surface area contributed by atoms with Gasteiger partial charge in [0.05, 0.1) is 55.5 Å². The summed E-state index contributed by atoms with van der Waals surface area (Å²) >= 11 is 8.77. The van der Waals surface area contributed by atoms with Gasteiger partial charge in [-0.05, 0) is 97.1 Å². The first kappa shape index (κ1) is 38.1. The zero-order valence-electron chi connectivity index (χ0n) is 29.9. The Hall–Kier alpha value is -4.14. The lowest BCUT2D eigenvalue weighted by molar-refractivity contribution is 0.516. The van der Waals surface area contributed by atoms with Gasteiger partial charge in [-0.15, -0.1) is 68.0 Å². The Morgan fingerprint density at radius 2 is 0.707 bits per heavy atom. The third kappa shape index (κ3) is 5.97. The van der Waals surface area contributed by atoms with Crippen LogP contribution >= 0.6 is 91.5 Å². The van der Waals surface area contributed by atoms with E-state index in [0.29, 0.717) is 50.1 Å². The minimum Gasteiger partial charge on any atom is -0.205 e. The number of aromatic nitrogens is 4. The number of hydrogen-bond donors (Lipinski definition) is 0. The fraction of sp³-hybridized carbons (Fsp3) is 0.100. The molecule has 0 aliphatic carbocycles. The summed E-state index contributed by atoms with van der Waals surface area (Å²) < 4.78 is 113. The van der Waals surface area contributed by atoms with Crippen LogP contribution in [0.4, 0.5) is 26.3 Å². The molecule has 8 aromatic heterocycles. The summed E-state index contributed by atoms with van der Waals surface area (Å²) in [5.74, 6) is -5.39. The molecule has 8 heterocycles. The van der Waals surface area contributed by atoms with E-state index in [2.05, 4.69) is 17.5 Å². The zero-order valence-corrected chi connectivity index (χ0v) is 36.5. The van der Waals surface area contributed by atoms with Gasteiger partial charge in [0, 0.05) is 39.0 Å². The highest BCUT2D eigenvalue weighted by molar-refractivity contribution is 7.29. The average molecular weight is 927 g/mol.